The summed E-state index contributed by atoms with van der Waals surface area (Å²) in [6.07, 6.45) is 0.541. The predicted octanol–water partition coefficient (Wildman–Crippen LogP) is 2.94. The van der Waals surface area contributed by atoms with Crippen LogP contribution in [0.2, 0.25) is 0 Å². The van der Waals surface area contributed by atoms with Crippen molar-refractivity contribution in [2.24, 2.45) is 0 Å². The Kier molecular flexibility index (Phi) is 4.88. The fourth-order valence-electron chi connectivity index (χ4n) is 1.50. The summed E-state index contributed by atoms with van der Waals surface area (Å²) in [6, 6.07) is 0. The normalized spacial score (nSPS) is 35.3. The van der Waals surface area contributed by atoms with E-state index >= 15 is 0 Å². The van der Waals surface area contributed by atoms with Crippen LogP contribution in [0.1, 0.15) is 27.2 Å². The molecule has 0 aliphatic carbocycles. The van der Waals surface area contributed by atoms with Crippen molar-refractivity contribution >= 4 is 23.5 Å². The maximum absolute atomic E-state index is 9.95. The predicted molar refractivity (Wildman–Crippen MR) is 68.2 cm³/mol. The molecule has 1 fully saturated rings. The van der Waals surface area contributed by atoms with Crippen LogP contribution in [0.25, 0.3) is 0 Å². The summed E-state index contributed by atoms with van der Waals surface area (Å²) in [4.78, 5) is 0. The van der Waals surface area contributed by atoms with Gasteiger partial charge in [0.1, 0.15) is 0 Å². The number of aliphatic hydroxyl groups is 1. The highest BCUT2D eigenvalue weighted by Crippen LogP contribution is 2.37. The van der Waals surface area contributed by atoms with Crippen LogP contribution in [-0.4, -0.2) is 32.7 Å². The van der Waals surface area contributed by atoms with E-state index in [4.69, 9.17) is 0 Å². The van der Waals surface area contributed by atoms with Gasteiger partial charge in [-0.25, -0.2) is 0 Å². The first-order chi connectivity index (χ1) is 6.50. The Morgan fingerprint density at radius 3 is 2.64 bits per heavy atom. The molecule has 1 heterocycles. The van der Waals surface area contributed by atoms with Crippen molar-refractivity contribution in [3.8, 4) is 0 Å². The number of aliphatic hydroxyl groups excluding tert-OH is 1. The summed E-state index contributed by atoms with van der Waals surface area (Å²) in [7, 11) is 0. The molecule has 1 aliphatic rings. The molecular formula is C11H20OS2. The van der Waals surface area contributed by atoms with Gasteiger partial charge in [0, 0.05) is 21.5 Å². The molecule has 0 amide bonds. The molecular weight excluding hydrogens is 212 g/mol. The quantitative estimate of drug-likeness (QED) is 0.756. The molecule has 1 nitrogen and oxygen atoms in total. The SMILES string of the molecule is C=C(C)CC(O)C1CSC(C)C(C)S1. The van der Waals surface area contributed by atoms with Crippen LogP contribution in [0.5, 0.6) is 0 Å². The van der Waals surface area contributed by atoms with Crippen molar-refractivity contribution in [3.05, 3.63) is 12.2 Å². The van der Waals surface area contributed by atoms with Crippen molar-refractivity contribution in [2.75, 3.05) is 5.75 Å². The minimum Gasteiger partial charge on any atom is -0.392 e. The van der Waals surface area contributed by atoms with Crippen molar-refractivity contribution in [3.63, 3.8) is 0 Å². The van der Waals surface area contributed by atoms with Crippen LogP contribution in [0.15, 0.2) is 12.2 Å². The summed E-state index contributed by atoms with van der Waals surface area (Å²) in [5.74, 6) is 1.07. The Bertz CT molecular complexity index is 205. The van der Waals surface area contributed by atoms with E-state index in [-0.39, 0.29) is 6.10 Å². The van der Waals surface area contributed by atoms with Crippen LogP contribution in [0.3, 0.4) is 0 Å². The van der Waals surface area contributed by atoms with E-state index < -0.39 is 0 Å². The lowest BCUT2D eigenvalue weighted by Crippen LogP contribution is -2.34. The van der Waals surface area contributed by atoms with Gasteiger partial charge >= 0.3 is 0 Å². The number of thioether (sulfide) groups is 2. The van der Waals surface area contributed by atoms with Gasteiger partial charge in [0.2, 0.25) is 0 Å². The highest BCUT2D eigenvalue weighted by Gasteiger charge is 2.29. The van der Waals surface area contributed by atoms with E-state index in [1.54, 1.807) is 0 Å². The smallest absolute Gasteiger partial charge is 0.0703 e. The molecule has 0 bridgehead atoms. The molecule has 1 saturated heterocycles. The van der Waals surface area contributed by atoms with E-state index in [2.05, 4.69) is 20.4 Å². The minimum absolute atomic E-state index is 0.208. The van der Waals surface area contributed by atoms with Gasteiger partial charge in [0.05, 0.1) is 6.10 Å². The Balaban J connectivity index is 2.41. The van der Waals surface area contributed by atoms with Gasteiger partial charge in [-0.2, -0.15) is 23.5 Å². The number of hydrogen-bond acceptors (Lipinski definition) is 3. The maximum Gasteiger partial charge on any atom is 0.0703 e. The Morgan fingerprint density at radius 1 is 1.50 bits per heavy atom. The van der Waals surface area contributed by atoms with Crippen molar-refractivity contribution in [1.29, 1.82) is 0 Å². The van der Waals surface area contributed by atoms with Gasteiger partial charge in [-0.15, -0.1) is 6.58 Å². The highest BCUT2D eigenvalue weighted by atomic mass is 32.2. The van der Waals surface area contributed by atoms with E-state index in [0.717, 1.165) is 17.7 Å². The molecule has 82 valence electrons. The summed E-state index contributed by atoms with van der Waals surface area (Å²) in [5.41, 5.74) is 1.08. The highest BCUT2D eigenvalue weighted by molar-refractivity contribution is 8.07. The zero-order valence-electron chi connectivity index (χ0n) is 9.19. The van der Waals surface area contributed by atoms with Gasteiger partial charge in [-0.05, 0) is 13.3 Å². The molecule has 14 heavy (non-hydrogen) atoms. The summed E-state index contributed by atoms with van der Waals surface area (Å²) >= 11 is 3.91. The summed E-state index contributed by atoms with van der Waals surface area (Å²) in [5, 5.41) is 11.7. The second-order valence-corrected chi connectivity index (χ2v) is 7.18. The minimum atomic E-state index is -0.208. The molecule has 4 unspecified atom stereocenters. The summed E-state index contributed by atoms with van der Waals surface area (Å²) < 4.78 is 0. The van der Waals surface area contributed by atoms with Crippen LogP contribution >= 0.6 is 23.5 Å². The van der Waals surface area contributed by atoms with Crippen LogP contribution < -0.4 is 0 Å². The Hall–Kier alpha value is 0.400. The molecule has 0 aromatic heterocycles. The molecule has 0 saturated carbocycles. The van der Waals surface area contributed by atoms with E-state index in [1.807, 2.05) is 30.4 Å². The topological polar surface area (TPSA) is 20.2 Å². The zero-order valence-corrected chi connectivity index (χ0v) is 10.8. The van der Waals surface area contributed by atoms with Crippen LogP contribution in [-0.2, 0) is 0 Å². The fraction of sp³-hybridized carbons (Fsp3) is 0.818. The molecule has 4 atom stereocenters. The first-order valence-corrected chi connectivity index (χ1v) is 7.09. The first kappa shape index (κ1) is 12.5. The molecule has 0 aromatic rings. The largest absolute Gasteiger partial charge is 0.392 e. The van der Waals surface area contributed by atoms with Gasteiger partial charge in [-0.1, -0.05) is 19.4 Å². The summed E-state index contributed by atoms with van der Waals surface area (Å²) in [6.45, 7) is 10.3. The van der Waals surface area contributed by atoms with Crippen molar-refractivity contribution in [2.45, 2.75) is 49.0 Å². The number of rotatable bonds is 3. The molecule has 1 rings (SSSR count). The monoisotopic (exact) mass is 232 g/mol. The third kappa shape index (κ3) is 3.52. The van der Waals surface area contributed by atoms with Gasteiger partial charge in [0.15, 0.2) is 0 Å². The third-order valence-corrected chi connectivity index (χ3v) is 6.10. The van der Waals surface area contributed by atoms with Gasteiger partial charge < -0.3 is 5.11 Å². The third-order valence-electron chi connectivity index (χ3n) is 2.56. The lowest BCUT2D eigenvalue weighted by Gasteiger charge is -2.33. The van der Waals surface area contributed by atoms with Gasteiger partial charge in [0.25, 0.3) is 0 Å². The zero-order chi connectivity index (χ0) is 10.7. The Labute approximate surface area is 95.7 Å². The fourth-order valence-corrected chi connectivity index (χ4v) is 4.51. The molecule has 1 N–H and O–H groups in total. The van der Waals surface area contributed by atoms with Gasteiger partial charge in [-0.3, -0.25) is 0 Å². The average molecular weight is 232 g/mol. The van der Waals surface area contributed by atoms with E-state index in [0.29, 0.717) is 15.7 Å². The molecule has 0 aromatic carbocycles. The lowest BCUT2D eigenvalue weighted by atomic mass is 10.1. The molecule has 0 spiro atoms. The van der Waals surface area contributed by atoms with E-state index in [1.165, 1.54) is 0 Å². The second-order valence-electron chi connectivity index (χ2n) is 4.15. The second kappa shape index (κ2) is 5.47. The average Bonchev–Trinajstić information content (AvgIpc) is 2.08. The molecule has 1 aliphatic heterocycles. The number of hydrogen-bond donors (Lipinski definition) is 1. The standard InChI is InChI=1S/C11H20OS2/c1-7(2)5-10(12)11-6-13-8(3)9(4)14-11/h8-12H,1,5-6H2,2-4H3. The van der Waals surface area contributed by atoms with Crippen LogP contribution in [0.4, 0.5) is 0 Å². The lowest BCUT2D eigenvalue weighted by molar-refractivity contribution is 0.177. The van der Waals surface area contributed by atoms with Crippen molar-refractivity contribution < 1.29 is 5.11 Å². The first-order valence-electron chi connectivity index (χ1n) is 5.10. The van der Waals surface area contributed by atoms with E-state index in [9.17, 15) is 5.11 Å². The Morgan fingerprint density at radius 2 is 2.14 bits per heavy atom. The molecule has 3 heteroatoms. The maximum atomic E-state index is 9.95. The van der Waals surface area contributed by atoms with Crippen LogP contribution in [0, 0.1) is 0 Å². The van der Waals surface area contributed by atoms with Crippen molar-refractivity contribution in [1.82, 2.24) is 0 Å². The molecule has 0 radical (unpaired) electrons.